The van der Waals surface area contributed by atoms with Crippen molar-refractivity contribution < 1.29 is 13.2 Å². The molecule has 0 fully saturated rings. The van der Waals surface area contributed by atoms with E-state index in [4.69, 9.17) is 11.6 Å². The van der Waals surface area contributed by atoms with Crippen molar-refractivity contribution in [3.63, 3.8) is 0 Å². The predicted molar refractivity (Wildman–Crippen MR) is 103 cm³/mol. The van der Waals surface area contributed by atoms with Crippen molar-refractivity contribution in [3.05, 3.63) is 63.6 Å². The van der Waals surface area contributed by atoms with Gasteiger partial charge in [-0.3, -0.25) is 4.79 Å². The number of hydrogen-bond acceptors (Lipinski definition) is 5. The fraction of sp³-hybridized carbons (Fsp3) is 0.111. The molecule has 1 N–H and O–H groups in total. The van der Waals surface area contributed by atoms with Crippen LogP contribution in [-0.4, -0.2) is 19.3 Å². The zero-order valence-corrected chi connectivity index (χ0v) is 16.0. The summed E-state index contributed by atoms with van der Waals surface area (Å²) in [6, 6.07) is 10.1. The summed E-state index contributed by atoms with van der Waals surface area (Å²) in [6.45, 7) is 1.91. The van der Waals surface area contributed by atoms with E-state index < -0.39 is 9.84 Å². The molecule has 0 aliphatic carbocycles. The van der Waals surface area contributed by atoms with Gasteiger partial charge in [0.15, 0.2) is 9.84 Å². The normalized spacial score (nSPS) is 14.4. The number of nitrogens with zero attached hydrogens (tertiary/aromatic N) is 1. The SMILES string of the molecule is Cc1ccnc(NC(=O)c2cc3c(s2)-c2ccc(Cl)cc2S(=O)(=O)C3)c1. The fourth-order valence-electron chi connectivity index (χ4n) is 2.88. The first kappa shape index (κ1) is 17.2. The minimum Gasteiger partial charge on any atom is -0.306 e. The van der Waals surface area contributed by atoms with Crippen LogP contribution in [0.1, 0.15) is 20.8 Å². The Hall–Kier alpha value is -2.22. The zero-order valence-electron chi connectivity index (χ0n) is 13.6. The number of hydrogen-bond donors (Lipinski definition) is 1. The van der Waals surface area contributed by atoms with Crippen molar-refractivity contribution in [1.82, 2.24) is 4.98 Å². The van der Waals surface area contributed by atoms with Gasteiger partial charge in [0.25, 0.3) is 5.91 Å². The lowest BCUT2D eigenvalue weighted by Crippen LogP contribution is -2.12. The van der Waals surface area contributed by atoms with Gasteiger partial charge in [-0.2, -0.15) is 0 Å². The van der Waals surface area contributed by atoms with E-state index in [-0.39, 0.29) is 16.6 Å². The Balaban J connectivity index is 1.73. The number of fused-ring (bicyclic) bond motifs is 3. The van der Waals surface area contributed by atoms with E-state index in [0.29, 0.717) is 26.8 Å². The molecule has 0 saturated carbocycles. The number of pyridine rings is 1. The number of benzene rings is 1. The lowest BCUT2D eigenvalue weighted by atomic mass is 10.1. The predicted octanol–water partition coefficient (Wildman–Crippen LogP) is 4.31. The largest absolute Gasteiger partial charge is 0.306 e. The summed E-state index contributed by atoms with van der Waals surface area (Å²) in [5.41, 5.74) is 2.21. The highest BCUT2D eigenvalue weighted by Gasteiger charge is 2.31. The van der Waals surface area contributed by atoms with E-state index in [2.05, 4.69) is 10.3 Å². The Bertz CT molecular complexity index is 1150. The second-order valence-corrected chi connectivity index (χ2v) is 9.48. The summed E-state index contributed by atoms with van der Waals surface area (Å²) >= 11 is 7.23. The molecule has 1 amide bonds. The molecule has 0 atom stereocenters. The smallest absolute Gasteiger partial charge is 0.266 e. The van der Waals surface area contributed by atoms with Crippen LogP contribution in [0.15, 0.2) is 47.5 Å². The van der Waals surface area contributed by atoms with Crippen molar-refractivity contribution in [2.24, 2.45) is 0 Å². The molecular formula is C18H13ClN2O3S2. The van der Waals surface area contributed by atoms with Gasteiger partial charge in [-0.1, -0.05) is 17.7 Å². The van der Waals surface area contributed by atoms with Crippen molar-refractivity contribution >= 4 is 44.5 Å². The number of rotatable bonds is 2. The lowest BCUT2D eigenvalue weighted by molar-refractivity contribution is 0.103. The van der Waals surface area contributed by atoms with E-state index >= 15 is 0 Å². The molecule has 0 radical (unpaired) electrons. The molecule has 1 aliphatic heterocycles. The Kier molecular flexibility index (Phi) is 4.10. The summed E-state index contributed by atoms with van der Waals surface area (Å²) in [6.07, 6.45) is 1.62. The van der Waals surface area contributed by atoms with Gasteiger partial charge in [-0.15, -0.1) is 11.3 Å². The number of aryl methyl sites for hydroxylation is 1. The van der Waals surface area contributed by atoms with Gasteiger partial charge in [0.2, 0.25) is 0 Å². The minimum atomic E-state index is -3.48. The first-order valence-corrected chi connectivity index (χ1v) is 10.6. The molecule has 0 spiro atoms. The molecule has 0 saturated heterocycles. The number of sulfone groups is 1. The summed E-state index contributed by atoms with van der Waals surface area (Å²) in [4.78, 5) is 18.1. The quantitative estimate of drug-likeness (QED) is 0.690. The van der Waals surface area contributed by atoms with Gasteiger partial charge < -0.3 is 5.32 Å². The number of carbonyl (C=O) groups is 1. The Morgan fingerprint density at radius 1 is 1.23 bits per heavy atom. The van der Waals surface area contributed by atoms with E-state index in [1.54, 1.807) is 30.5 Å². The van der Waals surface area contributed by atoms with Gasteiger partial charge in [-0.25, -0.2) is 13.4 Å². The fourth-order valence-corrected chi connectivity index (χ4v) is 5.99. The number of anilines is 1. The summed E-state index contributed by atoms with van der Waals surface area (Å²) < 4.78 is 25.1. The number of halogens is 1. The van der Waals surface area contributed by atoms with E-state index in [9.17, 15) is 13.2 Å². The Morgan fingerprint density at radius 3 is 2.81 bits per heavy atom. The van der Waals surface area contributed by atoms with Crippen molar-refractivity contribution in [1.29, 1.82) is 0 Å². The Morgan fingerprint density at radius 2 is 2.04 bits per heavy atom. The molecule has 8 heteroatoms. The molecule has 4 rings (SSSR count). The molecule has 0 unspecified atom stereocenters. The van der Waals surface area contributed by atoms with Crippen molar-refractivity contribution in [2.45, 2.75) is 17.6 Å². The van der Waals surface area contributed by atoms with Gasteiger partial charge >= 0.3 is 0 Å². The molecule has 0 bridgehead atoms. The van der Waals surface area contributed by atoms with Gasteiger partial charge in [0.05, 0.1) is 15.5 Å². The summed E-state index contributed by atoms with van der Waals surface area (Å²) in [5, 5.41) is 3.12. The van der Waals surface area contributed by atoms with Crippen LogP contribution >= 0.6 is 22.9 Å². The molecular weight excluding hydrogens is 392 g/mol. The molecule has 3 aromatic rings. The summed E-state index contributed by atoms with van der Waals surface area (Å²) in [5.74, 6) is 0.0129. The molecule has 3 heterocycles. The zero-order chi connectivity index (χ0) is 18.5. The lowest BCUT2D eigenvalue weighted by Gasteiger charge is -2.16. The maximum absolute atomic E-state index is 12.6. The monoisotopic (exact) mass is 404 g/mol. The second-order valence-electron chi connectivity index (χ2n) is 6.04. The molecule has 5 nitrogen and oxygen atoms in total. The highest BCUT2D eigenvalue weighted by Crippen LogP contribution is 2.43. The average molecular weight is 405 g/mol. The maximum atomic E-state index is 12.6. The van der Waals surface area contributed by atoms with Crippen LogP contribution in [0, 0.1) is 6.92 Å². The van der Waals surface area contributed by atoms with Gasteiger partial charge in [0.1, 0.15) is 5.82 Å². The first-order valence-electron chi connectivity index (χ1n) is 7.73. The van der Waals surface area contributed by atoms with Crippen molar-refractivity contribution in [2.75, 3.05) is 5.32 Å². The topological polar surface area (TPSA) is 76.1 Å². The van der Waals surface area contributed by atoms with Crippen LogP contribution < -0.4 is 5.32 Å². The average Bonchev–Trinajstić information content (AvgIpc) is 2.98. The molecule has 132 valence electrons. The van der Waals surface area contributed by atoms with Crippen LogP contribution in [-0.2, 0) is 15.6 Å². The highest BCUT2D eigenvalue weighted by molar-refractivity contribution is 7.91. The van der Waals surface area contributed by atoms with E-state index in [1.807, 2.05) is 13.0 Å². The standard InChI is InChI=1S/C18H13ClN2O3S2/c1-10-4-5-20-16(6-10)21-18(22)14-7-11-9-26(23,24)15-8-12(19)2-3-13(15)17(11)25-14/h2-8H,9H2,1H3,(H,20,21,22). The highest BCUT2D eigenvalue weighted by atomic mass is 35.5. The summed E-state index contributed by atoms with van der Waals surface area (Å²) in [7, 11) is -3.48. The van der Waals surface area contributed by atoms with Gasteiger partial charge in [0, 0.05) is 21.7 Å². The van der Waals surface area contributed by atoms with Crippen LogP contribution in [0.5, 0.6) is 0 Å². The van der Waals surface area contributed by atoms with E-state index in [1.165, 1.54) is 17.4 Å². The molecule has 2 aromatic heterocycles. The number of thiophene rings is 1. The Labute approximate surface area is 159 Å². The molecule has 1 aromatic carbocycles. The third-order valence-electron chi connectivity index (χ3n) is 4.06. The van der Waals surface area contributed by atoms with Gasteiger partial charge in [-0.05, 0) is 48.4 Å². The number of aromatic nitrogens is 1. The van der Waals surface area contributed by atoms with Crippen LogP contribution in [0.3, 0.4) is 0 Å². The second kappa shape index (κ2) is 6.19. The third kappa shape index (κ3) is 3.02. The van der Waals surface area contributed by atoms with Crippen molar-refractivity contribution in [3.8, 4) is 10.4 Å². The maximum Gasteiger partial charge on any atom is 0.266 e. The van der Waals surface area contributed by atoms with E-state index in [0.717, 1.165) is 10.4 Å². The molecule has 26 heavy (non-hydrogen) atoms. The first-order chi connectivity index (χ1) is 12.3. The number of amides is 1. The van der Waals surface area contributed by atoms with Crippen LogP contribution in [0.2, 0.25) is 5.02 Å². The number of carbonyl (C=O) groups excluding carboxylic acids is 1. The third-order valence-corrected chi connectivity index (χ3v) is 7.20. The number of nitrogens with one attached hydrogen (secondary N) is 1. The van der Waals surface area contributed by atoms with Crippen LogP contribution in [0.25, 0.3) is 10.4 Å². The molecule has 1 aliphatic rings. The van der Waals surface area contributed by atoms with Crippen LogP contribution in [0.4, 0.5) is 5.82 Å². The minimum absolute atomic E-state index is 0.137.